The Hall–Kier alpha value is -3.17. The highest BCUT2D eigenvalue weighted by Crippen LogP contribution is 2.27. The summed E-state index contributed by atoms with van der Waals surface area (Å²) >= 11 is 5.95. The molecule has 2 aliphatic heterocycles. The van der Waals surface area contributed by atoms with E-state index in [1.54, 1.807) is 50.2 Å². The van der Waals surface area contributed by atoms with Crippen molar-refractivity contribution in [1.29, 1.82) is 0 Å². The van der Waals surface area contributed by atoms with Crippen molar-refractivity contribution >= 4 is 41.0 Å². The topological polar surface area (TPSA) is 86.3 Å². The largest absolute Gasteiger partial charge is 0.462 e. The third-order valence-electron chi connectivity index (χ3n) is 5.85. The van der Waals surface area contributed by atoms with Crippen molar-refractivity contribution in [2.75, 3.05) is 49.3 Å². The quantitative estimate of drug-likeness (QED) is 0.473. The molecule has 0 spiro atoms. The molecule has 0 radical (unpaired) electrons. The van der Waals surface area contributed by atoms with Crippen LogP contribution in [-0.4, -0.2) is 78.2 Å². The van der Waals surface area contributed by atoms with Crippen LogP contribution in [0.4, 0.5) is 16.3 Å². The maximum absolute atomic E-state index is 13.0. The lowest BCUT2D eigenvalue weighted by Gasteiger charge is -2.36. The predicted molar refractivity (Wildman–Crippen MR) is 124 cm³/mol. The smallest absolute Gasteiger partial charge is 0.339 e. The monoisotopic (exact) mass is 471 g/mol. The van der Waals surface area contributed by atoms with Gasteiger partial charge in [0.2, 0.25) is 0 Å². The van der Waals surface area contributed by atoms with Crippen LogP contribution in [0.2, 0.25) is 5.02 Å². The average molecular weight is 472 g/mol. The van der Waals surface area contributed by atoms with Crippen LogP contribution in [0.5, 0.6) is 0 Å². The highest BCUT2D eigenvalue weighted by atomic mass is 35.5. The van der Waals surface area contributed by atoms with Crippen molar-refractivity contribution in [1.82, 2.24) is 14.8 Å². The Balaban J connectivity index is 1.35. The number of piperazine rings is 1. The molecule has 3 amide bonds. The van der Waals surface area contributed by atoms with E-state index < -0.39 is 6.04 Å². The van der Waals surface area contributed by atoms with E-state index in [2.05, 4.69) is 14.8 Å². The Kier molecular flexibility index (Phi) is 6.80. The van der Waals surface area contributed by atoms with E-state index in [4.69, 9.17) is 16.3 Å². The predicted octanol–water partition coefficient (Wildman–Crippen LogP) is 2.85. The molecular weight excluding hydrogens is 446 g/mol. The molecule has 1 atom stereocenters. The van der Waals surface area contributed by atoms with Crippen LogP contribution in [0.1, 0.15) is 24.2 Å². The summed E-state index contributed by atoms with van der Waals surface area (Å²) in [5, 5.41) is 0.573. The molecule has 2 aromatic rings. The first-order valence-corrected chi connectivity index (χ1v) is 11.3. The number of carbonyl (C=O) groups excluding carboxylic acids is 3. The Bertz CT molecular complexity index is 1020. The lowest BCUT2D eigenvalue weighted by atomic mass is 10.2. The van der Waals surface area contributed by atoms with Gasteiger partial charge < -0.3 is 9.64 Å². The molecule has 2 saturated heterocycles. The maximum atomic E-state index is 13.0. The molecule has 10 heteroatoms. The first kappa shape index (κ1) is 23.0. The van der Waals surface area contributed by atoms with Crippen molar-refractivity contribution in [3.05, 3.63) is 53.2 Å². The SMILES string of the molecule is CCOC(=O)c1ccc(N2CCN(CN3C(=O)C(C)N(c4ccc(Cl)cc4)C3=O)CC2)nc1. The van der Waals surface area contributed by atoms with E-state index in [1.807, 2.05) is 0 Å². The van der Waals surface area contributed by atoms with E-state index in [0.29, 0.717) is 49.1 Å². The molecule has 2 fully saturated rings. The van der Waals surface area contributed by atoms with Crippen LogP contribution in [-0.2, 0) is 9.53 Å². The Morgan fingerprint density at radius 2 is 1.79 bits per heavy atom. The first-order valence-electron chi connectivity index (χ1n) is 10.9. The number of halogens is 1. The first-order chi connectivity index (χ1) is 15.9. The third-order valence-corrected chi connectivity index (χ3v) is 6.10. The van der Waals surface area contributed by atoms with Gasteiger partial charge in [0.15, 0.2) is 0 Å². The number of anilines is 2. The molecule has 33 heavy (non-hydrogen) atoms. The summed E-state index contributed by atoms with van der Waals surface area (Å²) in [7, 11) is 0. The molecule has 1 aromatic carbocycles. The highest BCUT2D eigenvalue weighted by Gasteiger charge is 2.44. The number of ether oxygens (including phenoxy) is 1. The molecule has 1 unspecified atom stereocenters. The van der Waals surface area contributed by atoms with Gasteiger partial charge in [-0.05, 0) is 50.2 Å². The fourth-order valence-electron chi connectivity index (χ4n) is 4.02. The van der Waals surface area contributed by atoms with Crippen molar-refractivity contribution in [3.8, 4) is 0 Å². The Labute approximate surface area is 197 Å². The Morgan fingerprint density at radius 1 is 1.09 bits per heavy atom. The van der Waals surface area contributed by atoms with Crippen molar-refractivity contribution in [2.45, 2.75) is 19.9 Å². The number of urea groups is 1. The van der Waals surface area contributed by atoms with Gasteiger partial charge in [0, 0.05) is 43.1 Å². The van der Waals surface area contributed by atoms with Crippen LogP contribution in [0.15, 0.2) is 42.6 Å². The second kappa shape index (κ2) is 9.76. The zero-order chi connectivity index (χ0) is 23.5. The van der Waals surface area contributed by atoms with E-state index in [9.17, 15) is 14.4 Å². The van der Waals surface area contributed by atoms with Gasteiger partial charge in [0.25, 0.3) is 5.91 Å². The fourth-order valence-corrected chi connectivity index (χ4v) is 4.14. The van der Waals surface area contributed by atoms with Crippen molar-refractivity contribution < 1.29 is 19.1 Å². The molecule has 1 aromatic heterocycles. The minimum absolute atomic E-state index is 0.214. The summed E-state index contributed by atoms with van der Waals surface area (Å²) < 4.78 is 4.99. The number of amides is 3. The van der Waals surface area contributed by atoms with Gasteiger partial charge in [-0.3, -0.25) is 14.6 Å². The number of imide groups is 1. The third kappa shape index (κ3) is 4.79. The molecule has 0 saturated carbocycles. The minimum Gasteiger partial charge on any atom is -0.462 e. The fraction of sp³-hybridized carbons (Fsp3) is 0.391. The number of hydrogen-bond donors (Lipinski definition) is 0. The van der Waals surface area contributed by atoms with E-state index in [0.717, 1.165) is 5.82 Å². The van der Waals surface area contributed by atoms with Crippen LogP contribution in [0.25, 0.3) is 0 Å². The van der Waals surface area contributed by atoms with E-state index >= 15 is 0 Å². The molecule has 0 bridgehead atoms. The molecule has 4 rings (SSSR count). The Morgan fingerprint density at radius 3 is 2.39 bits per heavy atom. The summed E-state index contributed by atoms with van der Waals surface area (Å²) in [6, 6.07) is 9.52. The van der Waals surface area contributed by atoms with Gasteiger partial charge in [0.1, 0.15) is 11.9 Å². The maximum Gasteiger partial charge on any atom is 0.339 e. The number of benzene rings is 1. The summed E-state index contributed by atoms with van der Waals surface area (Å²) in [4.78, 5) is 49.0. The molecule has 3 heterocycles. The second-order valence-electron chi connectivity index (χ2n) is 7.94. The summed E-state index contributed by atoms with van der Waals surface area (Å²) in [6.45, 7) is 6.80. The number of aromatic nitrogens is 1. The van der Waals surface area contributed by atoms with Crippen LogP contribution >= 0.6 is 11.6 Å². The van der Waals surface area contributed by atoms with Gasteiger partial charge in [-0.15, -0.1) is 0 Å². The van der Waals surface area contributed by atoms with Gasteiger partial charge in [-0.25, -0.2) is 19.5 Å². The van der Waals surface area contributed by atoms with Crippen LogP contribution in [0, 0.1) is 0 Å². The van der Waals surface area contributed by atoms with E-state index in [1.165, 1.54) is 16.0 Å². The van der Waals surface area contributed by atoms with Gasteiger partial charge >= 0.3 is 12.0 Å². The minimum atomic E-state index is -0.568. The normalized spacial score (nSPS) is 19.4. The van der Waals surface area contributed by atoms with Crippen LogP contribution < -0.4 is 9.80 Å². The summed E-state index contributed by atoms with van der Waals surface area (Å²) in [5.41, 5.74) is 1.07. The number of esters is 1. The lowest BCUT2D eigenvalue weighted by molar-refractivity contribution is -0.128. The van der Waals surface area contributed by atoms with Gasteiger partial charge in [-0.2, -0.15) is 0 Å². The highest BCUT2D eigenvalue weighted by molar-refractivity contribution is 6.30. The molecule has 0 aliphatic carbocycles. The molecule has 9 nitrogen and oxygen atoms in total. The number of hydrogen-bond acceptors (Lipinski definition) is 7. The van der Waals surface area contributed by atoms with E-state index in [-0.39, 0.29) is 24.6 Å². The summed E-state index contributed by atoms with van der Waals surface area (Å²) in [6.07, 6.45) is 1.52. The second-order valence-corrected chi connectivity index (χ2v) is 8.38. The van der Waals surface area contributed by atoms with Crippen molar-refractivity contribution in [3.63, 3.8) is 0 Å². The average Bonchev–Trinajstić information content (AvgIpc) is 3.03. The van der Waals surface area contributed by atoms with Crippen molar-refractivity contribution in [2.24, 2.45) is 0 Å². The number of nitrogens with zero attached hydrogens (tertiary/aromatic N) is 5. The zero-order valence-electron chi connectivity index (χ0n) is 18.6. The number of pyridine rings is 1. The zero-order valence-corrected chi connectivity index (χ0v) is 19.4. The molecule has 174 valence electrons. The standard InChI is InChI=1S/C23H26ClN5O4/c1-3-33-22(31)17-4-9-20(25-14-17)27-12-10-26(11-13-27)15-28-21(30)16(2)29(23(28)32)19-7-5-18(24)6-8-19/h4-9,14,16H,3,10-13,15H2,1-2H3. The number of rotatable bonds is 6. The van der Waals surface area contributed by atoms with Crippen LogP contribution in [0.3, 0.4) is 0 Å². The molecule has 2 aliphatic rings. The van der Waals surface area contributed by atoms with Gasteiger partial charge in [-0.1, -0.05) is 11.6 Å². The van der Waals surface area contributed by atoms with Gasteiger partial charge in [0.05, 0.1) is 18.8 Å². The lowest BCUT2D eigenvalue weighted by Crippen LogP contribution is -2.51. The molecular formula is C23H26ClN5O4. The molecule has 0 N–H and O–H groups in total. The summed E-state index contributed by atoms with van der Waals surface area (Å²) in [5.74, 6) is 0.176. The number of carbonyl (C=O) groups is 3.